The van der Waals surface area contributed by atoms with E-state index in [1.54, 1.807) is 6.07 Å². The summed E-state index contributed by atoms with van der Waals surface area (Å²) in [6.45, 7) is 3.92. The molecule has 0 saturated heterocycles. The molecule has 2 unspecified atom stereocenters. The normalized spacial score (nSPS) is 20.8. The van der Waals surface area contributed by atoms with E-state index in [-0.39, 0.29) is 40.8 Å². The van der Waals surface area contributed by atoms with Crippen molar-refractivity contribution in [3.63, 3.8) is 0 Å². The number of amides is 1. The number of hydrogen-bond acceptors (Lipinski definition) is 5. The minimum atomic E-state index is -0.560. The van der Waals surface area contributed by atoms with E-state index in [4.69, 9.17) is 16.3 Å². The molecule has 166 valence electrons. The van der Waals surface area contributed by atoms with Gasteiger partial charge in [0.25, 0.3) is 5.69 Å². The van der Waals surface area contributed by atoms with Gasteiger partial charge in [-0.1, -0.05) is 29.8 Å². The van der Waals surface area contributed by atoms with Crippen molar-refractivity contribution in [2.45, 2.75) is 51.0 Å². The SMILES string of the molecule is CC(C)Oc1ccc(C2CC(=O)C3=C(C2)NC(=O)CC3c2ccc(Cl)c([N+](=O)[O-])c2)cc1. The number of benzene rings is 2. The van der Waals surface area contributed by atoms with Gasteiger partial charge < -0.3 is 10.1 Å². The summed E-state index contributed by atoms with van der Waals surface area (Å²) in [7, 11) is 0. The predicted molar refractivity (Wildman–Crippen MR) is 120 cm³/mol. The van der Waals surface area contributed by atoms with Gasteiger partial charge in [0.2, 0.25) is 5.91 Å². The highest BCUT2D eigenvalue weighted by atomic mass is 35.5. The van der Waals surface area contributed by atoms with Crippen molar-refractivity contribution in [1.29, 1.82) is 0 Å². The molecule has 2 atom stereocenters. The van der Waals surface area contributed by atoms with Crippen LogP contribution < -0.4 is 10.1 Å². The lowest BCUT2D eigenvalue weighted by molar-refractivity contribution is -0.384. The van der Waals surface area contributed by atoms with Crippen LogP contribution in [-0.4, -0.2) is 22.7 Å². The molecule has 2 aromatic rings. The zero-order chi connectivity index (χ0) is 23.0. The zero-order valence-electron chi connectivity index (χ0n) is 17.8. The molecule has 2 aliphatic rings. The molecule has 1 heterocycles. The molecule has 0 bridgehead atoms. The number of allylic oxidation sites excluding steroid dienone is 2. The Labute approximate surface area is 190 Å². The van der Waals surface area contributed by atoms with Gasteiger partial charge in [0.1, 0.15) is 10.8 Å². The Morgan fingerprint density at radius 1 is 1.06 bits per heavy atom. The molecule has 1 N–H and O–H groups in total. The van der Waals surface area contributed by atoms with Crippen molar-refractivity contribution in [3.05, 3.63) is 80.0 Å². The number of rotatable bonds is 5. The third kappa shape index (κ3) is 4.39. The summed E-state index contributed by atoms with van der Waals surface area (Å²) in [6.07, 6.45) is 0.965. The van der Waals surface area contributed by atoms with Gasteiger partial charge in [-0.15, -0.1) is 0 Å². The van der Waals surface area contributed by atoms with Crippen molar-refractivity contribution in [1.82, 2.24) is 5.32 Å². The van der Waals surface area contributed by atoms with Gasteiger partial charge in [0.15, 0.2) is 5.78 Å². The Kier molecular flexibility index (Phi) is 6.02. The second-order valence-electron chi connectivity index (χ2n) is 8.43. The topological polar surface area (TPSA) is 98.5 Å². The maximum absolute atomic E-state index is 13.2. The number of hydrogen-bond donors (Lipinski definition) is 1. The van der Waals surface area contributed by atoms with Crippen molar-refractivity contribution in [3.8, 4) is 5.75 Å². The molecule has 0 radical (unpaired) electrons. The van der Waals surface area contributed by atoms with Crippen LogP contribution in [0.3, 0.4) is 0 Å². The van der Waals surface area contributed by atoms with E-state index in [0.717, 1.165) is 11.3 Å². The molecule has 0 fully saturated rings. The van der Waals surface area contributed by atoms with E-state index in [0.29, 0.717) is 29.7 Å². The number of nitrogens with one attached hydrogen (secondary N) is 1. The number of carbonyl (C=O) groups excluding carboxylic acids is 2. The first kappa shape index (κ1) is 22.0. The first-order valence-electron chi connectivity index (χ1n) is 10.5. The molecule has 2 aromatic carbocycles. The van der Waals surface area contributed by atoms with Crippen LogP contribution in [0.1, 0.15) is 56.1 Å². The van der Waals surface area contributed by atoms with Crippen molar-refractivity contribution < 1.29 is 19.2 Å². The van der Waals surface area contributed by atoms with Gasteiger partial charge in [-0.3, -0.25) is 19.7 Å². The molecule has 1 amide bonds. The van der Waals surface area contributed by atoms with E-state index in [2.05, 4.69) is 5.32 Å². The van der Waals surface area contributed by atoms with Crippen LogP contribution in [0.4, 0.5) is 5.69 Å². The average Bonchev–Trinajstić information content (AvgIpc) is 2.73. The van der Waals surface area contributed by atoms with Gasteiger partial charge >= 0.3 is 0 Å². The Morgan fingerprint density at radius 2 is 1.75 bits per heavy atom. The number of nitro benzene ring substituents is 1. The number of ether oxygens (including phenoxy) is 1. The number of Topliss-reactive ketones (excluding diaryl/α,β-unsaturated/α-hetero) is 1. The van der Waals surface area contributed by atoms with E-state index >= 15 is 0 Å². The highest BCUT2D eigenvalue weighted by Gasteiger charge is 2.38. The van der Waals surface area contributed by atoms with E-state index in [1.807, 2.05) is 38.1 Å². The van der Waals surface area contributed by atoms with E-state index in [9.17, 15) is 19.7 Å². The molecule has 0 saturated carbocycles. The van der Waals surface area contributed by atoms with Crippen LogP contribution in [0.15, 0.2) is 53.7 Å². The fourth-order valence-electron chi connectivity index (χ4n) is 4.46. The maximum Gasteiger partial charge on any atom is 0.288 e. The molecule has 7 nitrogen and oxygen atoms in total. The minimum Gasteiger partial charge on any atom is -0.491 e. The largest absolute Gasteiger partial charge is 0.491 e. The van der Waals surface area contributed by atoms with Gasteiger partial charge in [-0.05, 0) is 55.5 Å². The molecular formula is C24H23ClN2O5. The number of ketones is 1. The van der Waals surface area contributed by atoms with E-state index in [1.165, 1.54) is 12.1 Å². The van der Waals surface area contributed by atoms with Gasteiger partial charge in [-0.2, -0.15) is 0 Å². The van der Waals surface area contributed by atoms with Gasteiger partial charge in [0.05, 0.1) is 11.0 Å². The van der Waals surface area contributed by atoms with Crippen LogP contribution >= 0.6 is 11.6 Å². The van der Waals surface area contributed by atoms with Crippen molar-refractivity contribution in [2.75, 3.05) is 0 Å². The summed E-state index contributed by atoms with van der Waals surface area (Å²) in [6, 6.07) is 12.1. The Bertz CT molecular complexity index is 1120. The lowest BCUT2D eigenvalue weighted by Gasteiger charge is -2.34. The summed E-state index contributed by atoms with van der Waals surface area (Å²) in [4.78, 5) is 36.4. The molecule has 4 rings (SSSR count). The fraction of sp³-hybridized carbons (Fsp3) is 0.333. The van der Waals surface area contributed by atoms with E-state index < -0.39 is 10.8 Å². The number of halogens is 1. The highest BCUT2D eigenvalue weighted by Crippen LogP contribution is 2.43. The second kappa shape index (κ2) is 8.74. The van der Waals surface area contributed by atoms with Crippen molar-refractivity contribution >= 4 is 29.0 Å². The summed E-state index contributed by atoms with van der Waals surface area (Å²) < 4.78 is 5.68. The van der Waals surface area contributed by atoms with Crippen LogP contribution in [0.2, 0.25) is 5.02 Å². The summed E-state index contributed by atoms with van der Waals surface area (Å²) in [5.74, 6) is -0.0825. The molecule has 1 aliphatic carbocycles. The molecule has 0 aromatic heterocycles. The average molecular weight is 455 g/mol. The van der Waals surface area contributed by atoms with Gasteiger partial charge in [-0.25, -0.2) is 0 Å². The molecule has 1 aliphatic heterocycles. The Balaban J connectivity index is 1.65. The third-order valence-electron chi connectivity index (χ3n) is 5.83. The lowest BCUT2D eigenvalue weighted by Crippen LogP contribution is -2.38. The number of nitrogens with zero attached hydrogens (tertiary/aromatic N) is 1. The monoisotopic (exact) mass is 454 g/mol. The summed E-state index contributed by atoms with van der Waals surface area (Å²) >= 11 is 5.94. The smallest absolute Gasteiger partial charge is 0.288 e. The number of nitro groups is 1. The maximum atomic E-state index is 13.2. The fourth-order valence-corrected chi connectivity index (χ4v) is 4.64. The third-order valence-corrected chi connectivity index (χ3v) is 6.15. The first-order chi connectivity index (χ1) is 15.2. The van der Waals surface area contributed by atoms with Crippen LogP contribution in [0.5, 0.6) is 5.75 Å². The standard InChI is InChI=1S/C24H23ClN2O5/c1-13(2)32-17-6-3-14(4-7-17)16-9-20-24(22(28)11-16)18(12-23(29)26-20)15-5-8-19(25)21(10-15)27(30)31/h3-8,10,13,16,18H,9,11-12H2,1-2H3,(H,26,29). The number of carbonyl (C=O) groups is 2. The first-order valence-corrected chi connectivity index (χ1v) is 10.9. The molecular weight excluding hydrogens is 432 g/mol. The zero-order valence-corrected chi connectivity index (χ0v) is 18.5. The summed E-state index contributed by atoms with van der Waals surface area (Å²) in [5, 5.41) is 14.2. The Morgan fingerprint density at radius 3 is 2.41 bits per heavy atom. The second-order valence-corrected chi connectivity index (χ2v) is 8.84. The van der Waals surface area contributed by atoms with Crippen LogP contribution in [0.25, 0.3) is 0 Å². The molecule has 0 spiro atoms. The quantitative estimate of drug-likeness (QED) is 0.504. The van der Waals surface area contributed by atoms with Crippen LogP contribution in [0, 0.1) is 10.1 Å². The Hall–Kier alpha value is -3.19. The lowest BCUT2D eigenvalue weighted by atomic mass is 9.73. The minimum absolute atomic E-state index is 0.0214. The van der Waals surface area contributed by atoms with Crippen molar-refractivity contribution in [2.24, 2.45) is 0 Å². The predicted octanol–water partition coefficient (Wildman–Crippen LogP) is 5.04. The highest BCUT2D eigenvalue weighted by molar-refractivity contribution is 6.32. The summed E-state index contributed by atoms with van der Waals surface area (Å²) in [5.41, 5.74) is 2.46. The molecule has 8 heteroatoms. The van der Waals surface area contributed by atoms with Crippen LogP contribution in [-0.2, 0) is 9.59 Å². The van der Waals surface area contributed by atoms with Gasteiger partial charge in [0, 0.05) is 36.1 Å². The molecule has 32 heavy (non-hydrogen) atoms.